The van der Waals surface area contributed by atoms with Crippen LogP contribution in [0.5, 0.6) is 0 Å². The van der Waals surface area contributed by atoms with Crippen molar-refractivity contribution in [1.29, 1.82) is 0 Å². The van der Waals surface area contributed by atoms with Gasteiger partial charge in [-0.05, 0) is 37.3 Å². The van der Waals surface area contributed by atoms with Crippen molar-refractivity contribution in [2.24, 2.45) is 0 Å². The first kappa shape index (κ1) is 16.4. The molecule has 1 fully saturated rings. The number of carbonyl (C=O) groups is 1. The molecule has 0 aromatic carbocycles. The van der Waals surface area contributed by atoms with Crippen molar-refractivity contribution < 1.29 is 14.5 Å². The van der Waals surface area contributed by atoms with Gasteiger partial charge in [0.1, 0.15) is 12.2 Å². The summed E-state index contributed by atoms with van der Waals surface area (Å²) in [4.78, 5) is 32.1. The molecule has 22 heavy (non-hydrogen) atoms. The number of nitro groups is 1. The zero-order chi connectivity index (χ0) is 16.3. The second-order valence-electron chi connectivity index (χ2n) is 5.04. The third-order valence-corrected chi connectivity index (χ3v) is 4.01. The molecule has 0 saturated heterocycles. The number of halogens is 1. The normalized spacial score (nSPS) is 15.8. The Kier molecular flexibility index (Phi) is 5.12. The van der Waals surface area contributed by atoms with Gasteiger partial charge in [0.15, 0.2) is 0 Å². The molecule has 120 valence electrons. The maximum atomic E-state index is 12.1. The molecule has 0 bridgehead atoms. The quantitative estimate of drug-likeness (QED) is 0.342. The standard InChI is InChI=1S/C13H17ClN4O4/c1-3-9(12(19)22-2)17(8-5-4-6-8)11-10(18(20)21)7-15-13(14)16-11/h7-9H,3-6H2,1-2H3/t9-/m1/s1. The van der Waals surface area contributed by atoms with E-state index in [0.717, 1.165) is 25.5 Å². The number of nitrogens with zero attached hydrogens (tertiary/aromatic N) is 4. The molecule has 0 N–H and O–H groups in total. The molecule has 0 unspecified atom stereocenters. The van der Waals surface area contributed by atoms with E-state index < -0.39 is 16.9 Å². The van der Waals surface area contributed by atoms with Gasteiger partial charge in [-0.15, -0.1) is 0 Å². The Morgan fingerprint density at radius 3 is 2.77 bits per heavy atom. The van der Waals surface area contributed by atoms with Crippen LogP contribution in [0.25, 0.3) is 0 Å². The molecule has 0 spiro atoms. The first-order valence-electron chi connectivity index (χ1n) is 7.02. The van der Waals surface area contributed by atoms with Gasteiger partial charge in [-0.2, -0.15) is 4.98 Å². The SMILES string of the molecule is CC[C@H](C(=O)OC)N(c1nc(Cl)ncc1[N+](=O)[O-])C1CCC1. The van der Waals surface area contributed by atoms with Crippen LogP contribution in [-0.2, 0) is 9.53 Å². The van der Waals surface area contributed by atoms with Crippen molar-refractivity contribution in [3.05, 3.63) is 21.6 Å². The molecule has 0 radical (unpaired) electrons. The fourth-order valence-electron chi connectivity index (χ4n) is 2.52. The molecule has 0 aliphatic heterocycles. The Bertz CT molecular complexity index is 579. The number of anilines is 1. The lowest BCUT2D eigenvalue weighted by Crippen LogP contribution is -2.51. The zero-order valence-electron chi connectivity index (χ0n) is 12.4. The van der Waals surface area contributed by atoms with E-state index in [4.69, 9.17) is 16.3 Å². The third kappa shape index (κ3) is 3.11. The number of ether oxygens (including phenoxy) is 1. The lowest BCUT2D eigenvalue weighted by atomic mass is 9.89. The van der Waals surface area contributed by atoms with Crippen molar-refractivity contribution >= 4 is 29.1 Å². The number of esters is 1. The third-order valence-electron chi connectivity index (χ3n) is 3.83. The van der Waals surface area contributed by atoms with Crippen LogP contribution in [0.4, 0.5) is 11.5 Å². The molecule has 1 aliphatic carbocycles. The highest BCUT2D eigenvalue weighted by molar-refractivity contribution is 6.28. The summed E-state index contributed by atoms with van der Waals surface area (Å²) in [5.74, 6) is -0.370. The number of carbonyl (C=O) groups excluding carboxylic acids is 1. The second-order valence-corrected chi connectivity index (χ2v) is 5.38. The average Bonchev–Trinajstić information content (AvgIpc) is 2.44. The fraction of sp³-hybridized carbons (Fsp3) is 0.615. The first-order valence-corrected chi connectivity index (χ1v) is 7.40. The first-order chi connectivity index (χ1) is 10.5. The number of hydrogen-bond donors (Lipinski definition) is 0. The van der Waals surface area contributed by atoms with Gasteiger partial charge in [-0.25, -0.2) is 9.78 Å². The van der Waals surface area contributed by atoms with Gasteiger partial charge in [0.05, 0.1) is 12.0 Å². The molecule has 8 nitrogen and oxygen atoms in total. The van der Waals surface area contributed by atoms with Gasteiger partial charge in [0.25, 0.3) is 0 Å². The minimum absolute atomic E-state index is 0.00807. The largest absolute Gasteiger partial charge is 0.467 e. The molecule has 1 aromatic rings. The maximum absolute atomic E-state index is 12.1. The molecule has 2 rings (SSSR count). The van der Waals surface area contributed by atoms with Crippen molar-refractivity contribution in [2.45, 2.75) is 44.7 Å². The Labute approximate surface area is 132 Å². The second kappa shape index (κ2) is 6.87. The molecule has 1 saturated carbocycles. The topological polar surface area (TPSA) is 98.5 Å². The minimum atomic E-state index is -0.639. The molecule has 1 heterocycles. The van der Waals surface area contributed by atoms with Gasteiger partial charge in [-0.1, -0.05) is 6.92 Å². The maximum Gasteiger partial charge on any atom is 0.329 e. The minimum Gasteiger partial charge on any atom is -0.467 e. The molecule has 9 heteroatoms. The molecule has 1 aliphatic rings. The van der Waals surface area contributed by atoms with Crippen LogP contribution in [0.3, 0.4) is 0 Å². The van der Waals surface area contributed by atoms with Crippen molar-refractivity contribution in [3.8, 4) is 0 Å². The number of aromatic nitrogens is 2. The van der Waals surface area contributed by atoms with Gasteiger partial charge in [0, 0.05) is 6.04 Å². The van der Waals surface area contributed by atoms with Crippen LogP contribution in [-0.4, -0.2) is 40.1 Å². The van der Waals surface area contributed by atoms with Gasteiger partial charge >= 0.3 is 11.7 Å². The predicted molar refractivity (Wildman–Crippen MR) is 79.9 cm³/mol. The summed E-state index contributed by atoms with van der Waals surface area (Å²) >= 11 is 5.81. The Balaban J connectivity index is 2.51. The van der Waals surface area contributed by atoms with E-state index in [9.17, 15) is 14.9 Å². The molecule has 1 aromatic heterocycles. The van der Waals surface area contributed by atoms with Crippen LogP contribution in [0.1, 0.15) is 32.6 Å². The lowest BCUT2D eigenvalue weighted by Gasteiger charge is -2.41. The number of methoxy groups -OCH3 is 1. The number of hydrogen-bond acceptors (Lipinski definition) is 7. The van der Waals surface area contributed by atoms with Crippen LogP contribution >= 0.6 is 11.6 Å². The van der Waals surface area contributed by atoms with E-state index in [1.54, 1.807) is 4.90 Å². The van der Waals surface area contributed by atoms with E-state index in [2.05, 4.69) is 9.97 Å². The zero-order valence-corrected chi connectivity index (χ0v) is 13.1. The number of rotatable bonds is 6. The predicted octanol–water partition coefficient (Wildman–Crippen LogP) is 2.35. The van der Waals surface area contributed by atoms with E-state index in [1.807, 2.05) is 6.92 Å². The summed E-state index contributed by atoms with van der Waals surface area (Å²) in [5.41, 5.74) is -0.265. The molecule has 0 amide bonds. The van der Waals surface area contributed by atoms with Crippen molar-refractivity contribution in [1.82, 2.24) is 9.97 Å². The van der Waals surface area contributed by atoms with E-state index in [1.165, 1.54) is 7.11 Å². The van der Waals surface area contributed by atoms with Crippen LogP contribution in [0.15, 0.2) is 6.20 Å². The highest BCUT2D eigenvalue weighted by Crippen LogP contribution is 2.36. The smallest absolute Gasteiger partial charge is 0.329 e. The molecular formula is C13H17ClN4O4. The highest BCUT2D eigenvalue weighted by Gasteiger charge is 2.39. The summed E-state index contributed by atoms with van der Waals surface area (Å²) in [6, 6.07) is -0.631. The van der Waals surface area contributed by atoms with Gasteiger partial charge in [0.2, 0.25) is 11.1 Å². The summed E-state index contributed by atoms with van der Waals surface area (Å²) < 4.78 is 4.83. The van der Waals surface area contributed by atoms with Crippen LogP contribution in [0, 0.1) is 10.1 Å². The average molecular weight is 329 g/mol. The van der Waals surface area contributed by atoms with E-state index >= 15 is 0 Å². The van der Waals surface area contributed by atoms with Gasteiger partial charge < -0.3 is 9.64 Å². The van der Waals surface area contributed by atoms with E-state index in [-0.39, 0.29) is 22.8 Å². The Morgan fingerprint density at radius 1 is 1.64 bits per heavy atom. The fourth-order valence-corrected chi connectivity index (χ4v) is 2.65. The molecule has 1 atom stereocenters. The van der Waals surface area contributed by atoms with Crippen molar-refractivity contribution in [2.75, 3.05) is 12.0 Å². The van der Waals surface area contributed by atoms with Crippen LogP contribution < -0.4 is 4.90 Å². The summed E-state index contributed by atoms with van der Waals surface area (Å²) in [6.45, 7) is 1.82. The van der Waals surface area contributed by atoms with Gasteiger partial charge in [-0.3, -0.25) is 10.1 Å². The van der Waals surface area contributed by atoms with Crippen LogP contribution in [0.2, 0.25) is 5.28 Å². The monoisotopic (exact) mass is 328 g/mol. The van der Waals surface area contributed by atoms with E-state index in [0.29, 0.717) is 6.42 Å². The summed E-state index contributed by atoms with van der Waals surface area (Å²) in [6.07, 6.45) is 4.20. The summed E-state index contributed by atoms with van der Waals surface area (Å²) in [5, 5.41) is 11.2. The Hall–Kier alpha value is -1.96. The Morgan fingerprint density at radius 2 is 2.32 bits per heavy atom. The van der Waals surface area contributed by atoms with Crippen molar-refractivity contribution in [3.63, 3.8) is 0 Å². The highest BCUT2D eigenvalue weighted by atomic mass is 35.5. The summed E-state index contributed by atoms with van der Waals surface area (Å²) in [7, 11) is 1.30. The lowest BCUT2D eigenvalue weighted by molar-refractivity contribution is -0.384. The molecular weight excluding hydrogens is 312 g/mol.